The number of aryl methyl sites for hydroxylation is 3. The van der Waals surface area contributed by atoms with Gasteiger partial charge in [-0.15, -0.1) is 0 Å². The van der Waals surface area contributed by atoms with Gasteiger partial charge in [0.2, 0.25) is 0 Å². The Bertz CT molecular complexity index is 993. The Morgan fingerprint density at radius 3 is 1.31 bits per heavy atom. The summed E-state index contributed by atoms with van der Waals surface area (Å²) >= 11 is 0. The third-order valence-corrected chi connectivity index (χ3v) is 12.5. The van der Waals surface area contributed by atoms with Crippen molar-refractivity contribution in [2.24, 2.45) is 0 Å². The number of carboxylic acid groups (broad SMARTS) is 1. The van der Waals surface area contributed by atoms with Gasteiger partial charge in [0, 0.05) is 0 Å². The summed E-state index contributed by atoms with van der Waals surface area (Å²) in [5.74, 6) is -0.670. The molecule has 0 atom stereocenters. The predicted molar refractivity (Wildman–Crippen MR) is 159 cm³/mol. The van der Waals surface area contributed by atoms with E-state index in [2.05, 4.69) is 93.6 Å². The number of carboxylic acids is 1. The van der Waals surface area contributed by atoms with Gasteiger partial charge in [0.25, 0.3) is 0 Å². The van der Waals surface area contributed by atoms with E-state index < -0.39 is 13.2 Å². The van der Waals surface area contributed by atoms with Crippen molar-refractivity contribution in [2.45, 2.75) is 85.0 Å². The first-order chi connectivity index (χ1) is 17.4. The Morgan fingerprint density at radius 1 is 0.583 bits per heavy atom. The molecule has 3 heteroatoms. The van der Waals surface area contributed by atoms with Crippen molar-refractivity contribution in [2.75, 3.05) is 6.16 Å². The van der Waals surface area contributed by atoms with E-state index in [4.69, 9.17) is 5.11 Å². The van der Waals surface area contributed by atoms with Crippen LogP contribution in [0.1, 0.15) is 80.9 Å². The Balaban J connectivity index is 1.73. The summed E-state index contributed by atoms with van der Waals surface area (Å²) in [6, 6.07) is 27.9. The molecule has 0 heterocycles. The van der Waals surface area contributed by atoms with Crippen molar-refractivity contribution in [3.8, 4) is 0 Å². The first-order valence-electron chi connectivity index (χ1n) is 13.8. The molecule has 194 valence electrons. The van der Waals surface area contributed by atoms with Gasteiger partial charge in [-0.1, -0.05) is 0 Å². The second kappa shape index (κ2) is 14.3. The zero-order valence-corrected chi connectivity index (χ0v) is 23.6. The van der Waals surface area contributed by atoms with Gasteiger partial charge in [0.1, 0.15) is 0 Å². The molecule has 0 amide bonds. The van der Waals surface area contributed by atoms with E-state index in [1.807, 2.05) is 0 Å². The second-order valence-electron chi connectivity index (χ2n) is 10.6. The average Bonchev–Trinajstić information content (AvgIpc) is 2.85. The molecule has 0 aromatic heterocycles. The Labute approximate surface area is 219 Å². The second-order valence-corrected chi connectivity index (χ2v) is 14.6. The molecule has 0 aliphatic rings. The van der Waals surface area contributed by atoms with E-state index in [1.165, 1.54) is 77.3 Å². The Hall–Kier alpha value is -2.44. The number of hydrogen-bond donors (Lipinski definition) is 1. The van der Waals surface area contributed by atoms with Crippen LogP contribution < -0.4 is 15.9 Å². The summed E-state index contributed by atoms with van der Waals surface area (Å²) in [6.45, 7) is 6.66. The van der Waals surface area contributed by atoms with Gasteiger partial charge in [-0.05, 0) is 0 Å². The maximum absolute atomic E-state index is 10.6. The fourth-order valence-corrected chi connectivity index (χ4v) is 10.8. The topological polar surface area (TPSA) is 37.3 Å². The summed E-state index contributed by atoms with van der Waals surface area (Å²) in [5, 5.41) is 13.3. The molecular formula is C33H45O2P. The fraction of sp³-hybridized carbons (Fsp3) is 0.424. The van der Waals surface area contributed by atoms with Crippen LogP contribution in [-0.2, 0) is 4.79 Å². The van der Waals surface area contributed by atoms with Crippen LogP contribution in [0.2, 0.25) is 0 Å². The van der Waals surface area contributed by atoms with Gasteiger partial charge in [0.05, 0.1) is 0 Å². The van der Waals surface area contributed by atoms with E-state index >= 15 is 0 Å². The summed E-state index contributed by atoms with van der Waals surface area (Å²) in [5.41, 5.74) is 4.02. The number of unbranched alkanes of at least 4 members (excludes halogenated alkanes) is 8. The summed E-state index contributed by atoms with van der Waals surface area (Å²) in [6.07, 6.45) is 12.2. The monoisotopic (exact) mass is 504 g/mol. The molecule has 0 fully saturated rings. The van der Waals surface area contributed by atoms with E-state index in [0.717, 1.165) is 19.3 Å². The van der Waals surface area contributed by atoms with Crippen molar-refractivity contribution in [3.63, 3.8) is 0 Å². The fourth-order valence-electron chi connectivity index (χ4n) is 5.57. The number of carbonyl (C=O) groups is 1. The minimum absolute atomic E-state index is 0.314. The number of rotatable bonds is 15. The van der Waals surface area contributed by atoms with Crippen molar-refractivity contribution < 1.29 is 9.90 Å². The Morgan fingerprint density at radius 2 is 0.944 bits per heavy atom. The molecule has 1 N–H and O–H groups in total. The van der Waals surface area contributed by atoms with Crippen LogP contribution in [0.25, 0.3) is 0 Å². The Kier molecular flexibility index (Phi) is 11.2. The molecule has 0 bridgehead atoms. The van der Waals surface area contributed by atoms with Gasteiger partial charge < -0.3 is 5.11 Å². The van der Waals surface area contributed by atoms with Crippen LogP contribution in [0, 0.1) is 20.8 Å². The standard InChI is InChI=1S/C33H45O2P/c1-27-16-13-19-30(24-27)36(31-20-14-17-28(2)25-31,32-21-15-18-29(3)26-32)23-12-10-8-6-4-5-7-9-11-22-33(34)35/h13-21,24-26,36H,4-12,22-23H2,1-3H3,(H,34,35). The average molecular weight is 505 g/mol. The predicted octanol–water partition coefficient (Wildman–Crippen LogP) is 7.62. The summed E-state index contributed by atoms with van der Waals surface area (Å²) < 4.78 is 0. The molecule has 2 nitrogen and oxygen atoms in total. The van der Waals surface area contributed by atoms with E-state index in [0.29, 0.717) is 6.42 Å². The molecule has 0 aliphatic heterocycles. The first-order valence-corrected chi connectivity index (χ1v) is 16.1. The van der Waals surface area contributed by atoms with Crippen LogP contribution in [-0.4, -0.2) is 17.2 Å². The van der Waals surface area contributed by atoms with Gasteiger partial charge in [-0.3, -0.25) is 4.79 Å². The van der Waals surface area contributed by atoms with Crippen LogP contribution in [0.5, 0.6) is 0 Å². The number of hydrogen-bond acceptors (Lipinski definition) is 1. The molecule has 0 spiro atoms. The number of benzene rings is 3. The molecule has 0 saturated heterocycles. The summed E-state index contributed by atoms with van der Waals surface area (Å²) in [4.78, 5) is 10.6. The van der Waals surface area contributed by atoms with Gasteiger partial charge in [-0.2, -0.15) is 0 Å². The molecule has 0 saturated carbocycles. The molecule has 0 aliphatic carbocycles. The summed E-state index contributed by atoms with van der Waals surface area (Å²) in [7, 11) is -2.17. The molecule has 0 radical (unpaired) electrons. The molecule has 3 aromatic rings. The van der Waals surface area contributed by atoms with Crippen molar-refractivity contribution >= 4 is 29.1 Å². The number of aliphatic carboxylic acids is 1. The third kappa shape index (κ3) is 8.04. The quantitative estimate of drug-likeness (QED) is 0.171. The van der Waals surface area contributed by atoms with Crippen LogP contribution >= 0.6 is 7.26 Å². The maximum atomic E-state index is 10.6. The minimum atomic E-state index is -2.17. The normalized spacial score (nSPS) is 12.0. The van der Waals surface area contributed by atoms with E-state index in [-0.39, 0.29) is 0 Å². The van der Waals surface area contributed by atoms with Crippen molar-refractivity contribution in [1.29, 1.82) is 0 Å². The zero-order chi connectivity index (χ0) is 25.8. The van der Waals surface area contributed by atoms with Crippen molar-refractivity contribution in [3.05, 3.63) is 89.5 Å². The van der Waals surface area contributed by atoms with Crippen LogP contribution in [0.3, 0.4) is 0 Å². The molecular weight excluding hydrogens is 459 g/mol. The molecule has 36 heavy (non-hydrogen) atoms. The molecule has 3 rings (SSSR count). The van der Waals surface area contributed by atoms with Crippen LogP contribution in [0.15, 0.2) is 72.8 Å². The van der Waals surface area contributed by atoms with E-state index in [9.17, 15) is 4.79 Å². The van der Waals surface area contributed by atoms with Crippen LogP contribution in [0.4, 0.5) is 0 Å². The van der Waals surface area contributed by atoms with Crippen molar-refractivity contribution in [1.82, 2.24) is 0 Å². The molecule has 0 unspecified atom stereocenters. The van der Waals surface area contributed by atoms with Gasteiger partial charge in [-0.25, -0.2) is 0 Å². The van der Waals surface area contributed by atoms with E-state index in [1.54, 1.807) is 0 Å². The third-order valence-electron chi connectivity index (χ3n) is 7.48. The van der Waals surface area contributed by atoms with Gasteiger partial charge in [0.15, 0.2) is 0 Å². The molecule has 3 aromatic carbocycles. The first kappa shape index (κ1) is 28.1. The SMILES string of the molecule is Cc1cccc([PH](CCCCCCCCCCCC(=O)O)(c2cccc(C)c2)c2cccc(C)c2)c1. The van der Waals surface area contributed by atoms with Gasteiger partial charge >= 0.3 is 210 Å². The zero-order valence-electron chi connectivity index (χ0n) is 22.6.